The third-order valence-electron chi connectivity index (χ3n) is 4.21. The second-order valence-corrected chi connectivity index (χ2v) is 5.87. The molecule has 1 saturated heterocycles. The van der Waals surface area contributed by atoms with Crippen molar-refractivity contribution in [2.45, 2.75) is 38.3 Å². The van der Waals surface area contributed by atoms with Crippen molar-refractivity contribution in [1.82, 2.24) is 10.2 Å². The van der Waals surface area contributed by atoms with Crippen molar-refractivity contribution in [3.05, 3.63) is 41.5 Å². The summed E-state index contributed by atoms with van der Waals surface area (Å²) in [6.45, 7) is 2.42. The van der Waals surface area contributed by atoms with E-state index in [1.54, 1.807) is 49.2 Å². The first kappa shape index (κ1) is 17.2. The number of nitrogens with one attached hydrogen (secondary N) is 1. The van der Waals surface area contributed by atoms with E-state index in [2.05, 4.69) is 5.32 Å². The number of aliphatic hydroxyl groups is 1. The number of piperidine rings is 1. The molecule has 1 fully saturated rings. The summed E-state index contributed by atoms with van der Waals surface area (Å²) in [6, 6.07) is 6.95. The molecular weight excluding hydrogens is 292 g/mol. The number of carbonyl (C=O) groups excluding carboxylic acids is 2. The van der Waals surface area contributed by atoms with E-state index in [0.717, 1.165) is 24.8 Å². The van der Waals surface area contributed by atoms with Crippen molar-refractivity contribution in [2.24, 2.45) is 0 Å². The second kappa shape index (κ2) is 7.92. The number of aliphatic hydroxyl groups excluding tert-OH is 1. The smallest absolute Gasteiger partial charge is 0.251 e. The molecule has 2 rings (SSSR count). The Labute approximate surface area is 137 Å². The number of hydrogen-bond donors (Lipinski definition) is 2. The van der Waals surface area contributed by atoms with Crippen LogP contribution in [0.2, 0.25) is 0 Å². The minimum atomic E-state index is -0.514. The van der Waals surface area contributed by atoms with E-state index in [0.29, 0.717) is 12.1 Å². The first-order valence-electron chi connectivity index (χ1n) is 8.02. The largest absolute Gasteiger partial charge is 0.391 e. The fourth-order valence-corrected chi connectivity index (χ4v) is 2.89. The standard InChI is InChI=1S/C18H24N2O3/c1-13(21)16-5-3-4-12-20(16)17(22)11-8-14-6-9-15(10-7-14)18(23)19-2/h6-11,13,16,21H,3-5,12H2,1-2H3,(H,19,23). The van der Waals surface area contributed by atoms with Crippen LogP contribution in [0.1, 0.15) is 42.1 Å². The quantitative estimate of drug-likeness (QED) is 0.833. The molecule has 2 amide bonds. The molecule has 0 aliphatic carbocycles. The molecule has 2 unspecified atom stereocenters. The molecule has 1 aliphatic heterocycles. The summed E-state index contributed by atoms with van der Waals surface area (Å²) < 4.78 is 0. The normalized spacial score (nSPS) is 19.6. The molecule has 0 bridgehead atoms. The zero-order valence-electron chi connectivity index (χ0n) is 13.7. The molecule has 0 aromatic heterocycles. The summed E-state index contributed by atoms with van der Waals surface area (Å²) in [5.74, 6) is -0.212. The lowest BCUT2D eigenvalue weighted by Crippen LogP contribution is -2.48. The van der Waals surface area contributed by atoms with Gasteiger partial charge in [-0.3, -0.25) is 9.59 Å². The summed E-state index contributed by atoms with van der Waals surface area (Å²) >= 11 is 0. The molecule has 2 N–H and O–H groups in total. The molecule has 1 heterocycles. The summed E-state index contributed by atoms with van der Waals surface area (Å²) in [5.41, 5.74) is 1.44. The highest BCUT2D eigenvalue weighted by Crippen LogP contribution is 2.20. The highest BCUT2D eigenvalue weighted by Gasteiger charge is 2.28. The minimum absolute atomic E-state index is 0.0778. The lowest BCUT2D eigenvalue weighted by Gasteiger charge is -2.36. The van der Waals surface area contributed by atoms with Gasteiger partial charge < -0.3 is 15.3 Å². The van der Waals surface area contributed by atoms with Crippen molar-refractivity contribution in [1.29, 1.82) is 0 Å². The molecule has 5 heteroatoms. The number of benzene rings is 1. The van der Waals surface area contributed by atoms with Crippen LogP contribution in [0.25, 0.3) is 6.08 Å². The van der Waals surface area contributed by atoms with E-state index >= 15 is 0 Å². The van der Waals surface area contributed by atoms with Gasteiger partial charge in [0, 0.05) is 25.2 Å². The number of carbonyl (C=O) groups is 2. The van der Waals surface area contributed by atoms with Crippen molar-refractivity contribution in [3.8, 4) is 0 Å². The molecule has 1 aliphatic rings. The van der Waals surface area contributed by atoms with Gasteiger partial charge in [-0.25, -0.2) is 0 Å². The summed E-state index contributed by atoms with van der Waals surface area (Å²) in [4.78, 5) is 25.6. The van der Waals surface area contributed by atoms with Gasteiger partial charge in [0.1, 0.15) is 0 Å². The van der Waals surface area contributed by atoms with Gasteiger partial charge in [0.15, 0.2) is 0 Å². The molecule has 1 aromatic carbocycles. The Hall–Kier alpha value is -2.14. The van der Waals surface area contributed by atoms with E-state index in [4.69, 9.17) is 0 Å². The van der Waals surface area contributed by atoms with Gasteiger partial charge in [-0.15, -0.1) is 0 Å². The Morgan fingerprint density at radius 1 is 1.30 bits per heavy atom. The maximum atomic E-state index is 12.4. The molecule has 2 atom stereocenters. The Kier molecular flexibility index (Phi) is 5.93. The number of likely N-dealkylation sites (tertiary alicyclic amines) is 1. The third kappa shape index (κ3) is 4.42. The Morgan fingerprint density at radius 2 is 2.00 bits per heavy atom. The molecule has 5 nitrogen and oxygen atoms in total. The van der Waals surface area contributed by atoms with Crippen LogP contribution in [-0.2, 0) is 4.79 Å². The molecule has 0 saturated carbocycles. The first-order valence-corrected chi connectivity index (χ1v) is 8.02. The van der Waals surface area contributed by atoms with Crippen molar-refractivity contribution in [3.63, 3.8) is 0 Å². The molecule has 0 radical (unpaired) electrons. The lowest BCUT2D eigenvalue weighted by atomic mass is 9.98. The minimum Gasteiger partial charge on any atom is -0.391 e. The van der Waals surface area contributed by atoms with Crippen LogP contribution < -0.4 is 5.32 Å². The van der Waals surface area contributed by atoms with Crippen LogP contribution in [0, 0.1) is 0 Å². The Bertz CT molecular complexity index is 578. The van der Waals surface area contributed by atoms with Crippen LogP contribution in [0.3, 0.4) is 0 Å². The maximum absolute atomic E-state index is 12.4. The van der Waals surface area contributed by atoms with Gasteiger partial charge in [0.2, 0.25) is 5.91 Å². The summed E-state index contributed by atoms with van der Waals surface area (Å²) in [6.07, 6.45) is 5.63. The summed E-state index contributed by atoms with van der Waals surface area (Å²) in [7, 11) is 1.59. The van der Waals surface area contributed by atoms with Gasteiger partial charge >= 0.3 is 0 Å². The second-order valence-electron chi connectivity index (χ2n) is 5.87. The van der Waals surface area contributed by atoms with E-state index in [9.17, 15) is 14.7 Å². The molecule has 1 aromatic rings. The van der Waals surface area contributed by atoms with Gasteiger partial charge in [0.05, 0.1) is 12.1 Å². The number of amides is 2. The van der Waals surface area contributed by atoms with Crippen molar-refractivity contribution < 1.29 is 14.7 Å². The predicted octanol–water partition coefficient (Wildman–Crippen LogP) is 1.82. The topological polar surface area (TPSA) is 69.6 Å². The predicted molar refractivity (Wildman–Crippen MR) is 89.9 cm³/mol. The van der Waals surface area contributed by atoms with Gasteiger partial charge in [-0.2, -0.15) is 0 Å². The van der Waals surface area contributed by atoms with Crippen molar-refractivity contribution >= 4 is 17.9 Å². The highest BCUT2D eigenvalue weighted by atomic mass is 16.3. The number of nitrogens with zero attached hydrogens (tertiary/aromatic N) is 1. The van der Waals surface area contributed by atoms with E-state index in [1.807, 2.05) is 0 Å². The third-order valence-corrected chi connectivity index (χ3v) is 4.21. The Balaban J connectivity index is 2.03. The van der Waals surface area contributed by atoms with E-state index in [-0.39, 0.29) is 17.9 Å². The van der Waals surface area contributed by atoms with Crippen LogP contribution >= 0.6 is 0 Å². The zero-order chi connectivity index (χ0) is 16.8. The van der Waals surface area contributed by atoms with Crippen LogP contribution in [0.4, 0.5) is 0 Å². The Morgan fingerprint density at radius 3 is 2.61 bits per heavy atom. The number of rotatable bonds is 4. The average molecular weight is 316 g/mol. The SMILES string of the molecule is CNC(=O)c1ccc(C=CC(=O)N2CCCCC2C(C)O)cc1. The van der Waals surface area contributed by atoms with Crippen LogP contribution in [-0.4, -0.2) is 47.6 Å². The average Bonchev–Trinajstić information content (AvgIpc) is 2.59. The highest BCUT2D eigenvalue weighted by molar-refractivity contribution is 5.95. The van der Waals surface area contributed by atoms with E-state index < -0.39 is 6.10 Å². The summed E-state index contributed by atoms with van der Waals surface area (Å²) in [5, 5.41) is 12.4. The molecule has 23 heavy (non-hydrogen) atoms. The monoisotopic (exact) mass is 316 g/mol. The van der Waals surface area contributed by atoms with Crippen LogP contribution in [0.15, 0.2) is 30.3 Å². The fraction of sp³-hybridized carbons (Fsp3) is 0.444. The van der Waals surface area contributed by atoms with Gasteiger partial charge in [0.25, 0.3) is 5.91 Å². The van der Waals surface area contributed by atoms with Gasteiger partial charge in [-0.05, 0) is 50.0 Å². The fourth-order valence-electron chi connectivity index (χ4n) is 2.89. The first-order chi connectivity index (χ1) is 11.0. The molecule has 0 spiro atoms. The molecule has 124 valence electrons. The maximum Gasteiger partial charge on any atom is 0.251 e. The van der Waals surface area contributed by atoms with Crippen molar-refractivity contribution in [2.75, 3.05) is 13.6 Å². The zero-order valence-corrected chi connectivity index (χ0v) is 13.7. The molecular formula is C18H24N2O3. The van der Waals surface area contributed by atoms with Gasteiger partial charge in [-0.1, -0.05) is 12.1 Å². The van der Waals surface area contributed by atoms with Crippen LogP contribution in [0.5, 0.6) is 0 Å². The number of hydrogen-bond acceptors (Lipinski definition) is 3. The van der Waals surface area contributed by atoms with E-state index in [1.165, 1.54) is 6.08 Å². The lowest BCUT2D eigenvalue weighted by molar-refractivity contribution is -0.132.